The van der Waals surface area contributed by atoms with Gasteiger partial charge in [-0.15, -0.1) is 0 Å². The number of benzene rings is 3. The van der Waals surface area contributed by atoms with Crippen LogP contribution in [0.4, 0.5) is 16.0 Å². The molecule has 11 heteroatoms. The van der Waals surface area contributed by atoms with E-state index in [0.29, 0.717) is 50.5 Å². The van der Waals surface area contributed by atoms with E-state index < -0.39 is 11.4 Å². The zero-order chi connectivity index (χ0) is 25.2. The summed E-state index contributed by atoms with van der Waals surface area (Å²) >= 11 is 18.6. The number of para-hydroxylation sites is 1. The average molecular weight is 545 g/mol. The van der Waals surface area contributed by atoms with Crippen molar-refractivity contribution in [3.8, 4) is 28.6 Å². The number of nitrogens with one attached hydrogen (secondary N) is 2. The molecule has 0 saturated carbocycles. The summed E-state index contributed by atoms with van der Waals surface area (Å²) in [6.07, 6.45) is 0.635. The van der Waals surface area contributed by atoms with Gasteiger partial charge >= 0.3 is 0 Å². The number of H-pyrrole nitrogens is 1. The van der Waals surface area contributed by atoms with Crippen LogP contribution in [0.15, 0.2) is 47.0 Å². The summed E-state index contributed by atoms with van der Waals surface area (Å²) in [5.74, 6) is 1.09. The molecule has 7 nitrogen and oxygen atoms in total. The number of aromatic nitrogens is 4. The molecule has 2 N–H and O–H groups in total. The van der Waals surface area contributed by atoms with Gasteiger partial charge in [0.15, 0.2) is 0 Å². The van der Waals surface area contributed by atoms with Crippen LogP contribution >= 0.6 is 34.8 Å². The molecule has 3 heterocycles. The minimum Gasteiger partial charge on any atom is -0.486 e. The van der Waals surface area contributed by atoms with E-state index >= 15 is 0 Å². The van der Waals surface area contributed by atoms with Gasteiger partial charge in [-0.2, -0.15) is 4.98 Å². The lowest BCUT2D eigenvalue weighted by Gasteiger charge is -2.17. The van der Waals surface area contributed by atoms with Crippen molar-refractivity contribution < 1.29 is 13.7 Å². The molecule has 5 aromatic rings. The minimum absolute atomic E-state index is 0.0265. The monoisotopic (exact) mass is 543 g/mol. The summed E-state index contributed by atoms with van der Waals surface area (Å²) in [6, 6.07) is 11.3. The fourth-order valence-electron chi connectivity index (χ4n) is 4.26. The van der Waals surface area contributed by atoms with E-state index in [4.69, 9.17) is 49.0 Å². The molecular weight excluding hydrogens is 528 g/mol. The van der Waals surface area contributed by atoms with Gasteiger partial charge in [-0.05, 0) is 50.2 Å². The van der Waals surface area contributed by atoms with E-state index in [-0.39, 0.29) is 16.7 Å². The third kappa shape index (κ3) is 3.95. The van der Waals surface area contributed by atoms with Crippen LogP contribution in [-0.4, -0.2) is 25.7 Å². The smallest absolute Gasteiger partial charge is 0.262 e. The predicted molar refractivity (Wildman–Crippen MR) is 138 cm³/mol. The molecule has 182 valence electrons. The Hall–Kier alpha value is -3.33. The minimum atomic E-state index is -0.524. The third-order valence-corrected chi connectivity index (χ3v) is 6.77. The van der Waals surface area contributed by atoms with E-state index in [2.05, 4.69) is 20.4 Å². The standard InChI is InChI=1S/C25H17Cl3FN5O2/c1-25(2)10-13-19-18(30-24(31-19)32-20-14(26)4-3-5-15(20)27)9-12(21(13)35-25)23-33-22(34-36-23)11-6-7-17(29)16(28)8-11/h3-9H,10H2,1-2H3,(H2,30,31,32). The SMILES string of the molecule is CC1(C)Cc2c(c(-c3nc(-c4ccc(F)c(Cl)c4)no3)cc3nc(Nc4c(Cl)cccc4Cl)[nH]c23)O1. The molecule has 1 aliphatic rings. The molecule has 0 bridgehead atoms. The first-order valence-corrected chi connectivity index (χ1v) is 12.1. The summed E-state index contributed by atoms with van der Waals surface area (Å²) in [5, 5.41) is 8.15. The molecule has 0 spiro atoms. The van der Waals surface area contributed by atoms with E-state index in [1.165, 1.54) is 18.2 Å². The molecule has 1 aliphatic heterocycles. The predicted octanol–water partition coefficient (Wildman–Crippen LogP) is 7.84. The van der Waals surface area contributed by atoms with E-state index in [1.54, 1.807) is 18.2 Å². The molecular formula is C25H17Cl3FN5O2. The number of rotatable bonds is 4. The number of anilines is 2. The maximum absolute atomic E-state index is 13.6. The van der Waals surface area contributed by atoms with Gasteiger partial charge in [0.2, 0.25) is 11.8 Å². The maximum atomic E-state index is 13.6. The van der Waals surface area contributed by atoms with Gasteiger partial charge in [0.05, 0.1) is 37.4 Å². The molecule has 36 heavy (non-hydrogen) atoms. The van der Waals surface area contributed by atoms with Crippen molar-refractivity contribution in [1.82, 2.24) is 20.1 Å². The molecule has 0 aliphatic carbocycles. The van der Waals surface area contributed by atoms with Gasteiger partial charge in [0, 0.05) is 17.5 Å². The molecule has 0 fully saturated rings. The first kappa shape index (κ1) is 23.1. The summed E-state index contributed by atoms with van der Waals surface area (Å²) in [7, 11) is 0. The topological polar surface area (TPSA) is 88.9 Å². The summed E-state index contributed by atoms with van der Waals surface area (Å²) in [5.41, 5.74) is 3.64. The number of aromatic amines is 1. The van der Waals surface area contributed by atoms with E-state index in [0.717, 1.165) is 11.1 Å². The largest absolute Gasteiger partial charge is 0.486 e. The Kier molecular flexibility index (Phi) is 5.37. The summed E-state index contributed by atoms with van der Waals surface area (Å²) < 4.78 is 25.5. The molecule has 0 radical (unpaired) electrons. The highest BCUT2D eigenvalue weighted by Crippen LogP contribution is 2.46. The van der Waals surface area contributed by atoms with Crippen LogP contribution in [0.1, 0.15) is 19.4 Å². The molecule has 0 amide bonds. The lowest BCUT2D eigenvalue weighted by atomic mass is 9.99. The number of hydrogen-bond donors (Lipinski definition) is 2. The van der Waals surface area contributed by atoms with Gasteiger partial charge in [0.25, 0.3) is 5.89 Å². The number of nitrogens with zero attached hydrogens (tertiary/aromatic N) is 3. The van der Waals surface area contributed by atoms with Crippen molar-refractivity contribution in [3.05, 3.63) is 68.9 Å². The first-order valence-electron chi connectivity index (χ1n) is 10.9. The van der Waals surface area contributed by atoms with Crippen LogP contribution in [0.5, 0.6) is 5.75 Å². The van der Waals surface area contributed by atoms with Crippen LogP contribution < -0.4 is 10.1 Å². The van der Waals surface area contributed by atoms with Crippen LogP contribution in [0.2, 0.25) is 15.1 Å². The fourth-order valence-corrected chi connectivity index (χ4v) is 4.93. The molecule has 0 saturated heterocycles. The zero-order valence-electron chi connectivity index (χ0n) is 18.9. The van der Waals surface area contributed by atoms with Gasteiger partial charge in [0.1, 0.15) is 17.2 Å². The highest BCUT2D eigenvalue weighted by molar-refractivity contribution is 6.39. The summed E-state index contributed by atoms with van der Waals surface area (Å²) in [6.45, 7) is 4.00. The number of ether oxygens (including phenoxy) is 1. The molecule has 3 aromatic carbocycles. The average Bonchev–Trinajstić information content (AvgIpc) is 3.53. The highest BCUT2D eigenvalue weighted by Gasteiger charge is 2.36. The summed E-state index contributed by atoms with van der Waals surface area (Å²) in [4.78, 5) is 12.5. The lowest BCUT2D eigenvalue weighted by Crippen LogP contribution is -2.24. The fraction of sp³-hybridized carbons (Fsp3) is 0.160. The Labute approximate surface area is 219 Å². The van der Waals surface area contributed by atoms with Gasteiger partial charge < -0.3 is 19.6 Å². The Morgan fingerprint density at radius 3 is 2.56 bits per heavy atom. The highest BCUT2D eigenvalue weighted by atomic mass is 35.5. The number of halogens is 4. The second-order valence-electron chi connectivity index (χ2n) is 9.02. The van der Waals surface area contributed by atoms with Gasteiger partial charge in [-0.1, -0.05) is 46.0 Å². The second-order valence-corrected chi connectivity index (χ2v) is 10.2. The first-order chi connectivity index (χ1) is 17.2. The van der Waals surface area contributed by atoms with Crippen molar-refractivity contribution in [3.63, 3.8) is 0 Å². The number of fused-ring (bicyclic) bond motifs is 3. The molecule has 0 unspecified atom stereocenters. The Morgan fingerprint density at radius 1 is 1.03 bits per heavy atom. The molecule has 2 aromatic heterocycles. The van der Waals surface area contributed by atoms with Crippen molar-refractivity contribution >= 4 is 57.5 Å². The van der Waals surface area contributed by atoms with Crippen molar-refractivity contribution in [2.24, 2.45) is 0 Å². The van der Waals surface area contributed by atoms with E-state index in [1.807, 2.05) is 19.9 Å². The van der Waals surface area contributed by atoms with Crippen LogP contribution in [0.25, 0.3) is 33.9 Å². The second kappa shape index (κ2) is 8.37. The Balaban J connectivity index is 1.45. The lowest BCUT2D eigenvalue weighted by molar-refractivity contribution is 0.139. The quantitative estimate of drug-likeness (QED) is 0.240. The van der Waals surface area contributed by atoms with Crippen LogP contribution in [-0.2, 0) is 6.42 Å². The van der Waals surface area contributed by atoms with Crippen molar-refractivity contribution in [2.45, 2.75) is 25.9 Å². The number of imidazole rings is 1. The zero-order valence-corrected chi connectivity index (χ0v) is 21.2. The van der Waals surface area contributed by atoms with Crippen molar-refractivity contribution in [2.75, 3.05) is 5.32 Å². The third-order valence-electron chi connectivity index (χ3n) is 5.85. The van der Waals surface area contributed by atoms with E-state index in [9.17, 15) is 4.39 Å². The number of hydrogen-bond acceptors (Lipinski definition) is 6. The Morgan fingerprint density at radius 2 is 1.81 bits per heavy atom. The maximum Gasteiger partial charge on any atom is 0.262 e. The van der Waals surface area contributed by atoms with Crippen LogP contribution in [0, 0.1) is 5.82 Å². The normalized spacial score (nSPS) is 14.2. The van der Waals surface area contributed by atoms with Gasteiger partial charge in [-0.25, -0.2) is 9.37 Å². The Bertz CT molecular complexity index is 1640. The van der Waals surface area contributed by atoms with Gasteiger partial charge in [-0.3, -0.25) is 0 Å². The van der Waals surface area contributed by atoms with Crippen LogP contribution in [0.3, 0.4) is 0 Å². The van der Waals surface area contributed by atoms with Crippen molar-refractivity contribution in [1.29, 1.82) is 0 Å². The molecule has 0 atom stereocenters. The molecule has 6 rings (SSSR count).